The highest BCUT2D eigenvalue weighted by Crippen LogP contribution is 2.26. The Morgan fingerprint density at radius 3 is 2.48 bits per heavy atom. The fourth-order valence-electron chi connectivity index (χ4n) is 2.61. The van der Waals surface area contributed by atoms with Gasteiger partial charge >= 0.3 is 0 Å². The van der Waals surface area contributed by atoms with Gasteiger partial charge < -0.3 is 10.3 Å². The summed E-state index contributed by atoms with van der Waals surface area (Å²) in [5.41, 5.74) is 9.93. The topological polar surface area (TPSA) is 43.8 Å². The fourth-order valence-corrected chi connectivity index (χ4v) is 2.61. The molecular formula is C18H29N3. The summed E-state index contributed by atoms with van der Waals surface area (Å²) in [6.45, 7) is 12.1. The summed E-state index contributed by atoms with van der Waals surface area (Å²) in [6.07, 6.45) is 2.07. The molecule has 2 aromatic rings. The smallest absolute Gasteiger partial charge is 0.126 e. The standard InChI is InChI=1S/C18H29N3/c1-6-15(19)18-20-16-11-14(13(4)5)7-8-17(16)21(18)10-9-12(2)3/h7-8,11-13,15H,6,9-10,19H2,1-5H3. The third kappa shape index (κ3) is 3.46. The molecule has 0 spiro atoms. The van der Waals surface area contributed by atoms with E-state index in [0.717, 1.165) is 30.7 Å². The van der Waals surface area contributed by atoms with Crippen LogP contribution in [0.15, 0.2) is 18.2 Å². The van der Waals surface area contributed by atoms with Crippen LogP contribution in [0, 0.1) is 5.92 Å². The molecule has 0 fully saturated rings. The van der Waals surface area contributed by atoms with Gasteiger partial charge in [0.05, 0.1) is 17.1 Å². The Kier molecular flexibility index (Phi) is 5.04. The van der Waals surface area contributed by atoms with Gasteiger partial charge in [0.2, 0.25) is 0 Å². The third-order valence-electron chi connectivity index (χ3n) is 4.17. The monoisotopic (exact) mass is 287 g/mol. The number of aromatic nitrogens is 2. The van der Waals surface area contributed by atoms with E-state index in [1.807, 2.05) is 0 Å². The largest absolute Gasteiger partial charge is 0.327 e. The van der Waals surface area contributed by atoms with Crippen molar-refractivity contribution in [3.63, 3.8) is 0 Å². The van der Waals surface area contributed by atoms with Crippen LogP contribution in [-0.2, 0) is 6.54 Å². The minimum absolute atomic E-state index is 0.0204. The number of nitrogens with two attached hydrogens (primary N) is 1. The van der Waals surface area contributed by atoms with Crippen LogP contribution in [0.2, 0.25) is 0 Å². The van der Waals surface area contributed by atoms with Crippen molar-refractivity contribution in [1.82, 2.24) is 9.55 Å². The number of benzene rings is 1. The molecule has 1 aromatic carbocycles. The molecular weight excluding hydrogens is 258 g/mol. The Morgan fingerprint density at radius 2 is 1.90 bits per heavy atom. The van der Waals surface area contributed by atoms with Crippen LogP contribution >= 0.6 is 0 Å². The van der Waals surface area contributed by atoms with Crippen LogP contribution in [0.1, 0.15) is 70.8 Å². The predicted octanol–water partition coefficient (Wildman–Crippen LogP) is 4.62. The van der Waals surface area contributed by atoms with Crippen molar-refractivity contribution >= 4 is 11.0 Å². The van der Waals surface area contributed by atoms with E-state index < -0.39 is 0 Å². The fraction of sp³-hybridized carbons (Fsp3) is 0.611. The number of hydrogen-bond donors (Lipinski definition) is 1. The molecule has 1 aromatic heterocycles. The first kappa shape index (κ1) is 16.0. The molecule has 0 aliphatic carbocycles. The van der Waals surface area contributed by atoms with Crippen molar-refractivity contribution in [3.05, 3.63) is 29.6 Å². The van der Waals surface area contributed by atoms with Gasteiger partial charge in [0, 0.05) is 6.54 Å². The Hall–Kier alpha value is -1.35. The molecule has 0 bridgehead atoms. The molecule has 3 heteroatoms. The molecule has 0 saturated carbocycles. The highest BCUT2D eigenvalue weighted by atomic mass is 15.1. The second-order valence-electron chi connectivity index (χ2n) is 6.72. The van der Waals surface area contributed by atoms with Crippen molar-refractivity contribution < 1.29 is 0 Å². The Balaban J connectivity index is 2.50. The summed E-state index contributed by atoms with van der Waals surface area (Å²) in [6, 6.07) is 6.68. The lowest BCUT2D eigenvalue weighted by molar-refractivity contribution is 0.496. The van der Waals surface area contributed by atoms with Crippen molar-refractivity contribution in [3.8, 4) is 0 Å². The maximum atomic E-state index is 6.28. The number of fused-ring (bicyclic) bond motifs is 1. The van der Waals surface area contributed by atoms with Crippen molar-refractivity contribution in [2.75, 3.05) is 0 Å². The maximum Gasteiger partial charge on any atom is 0.126 e. The number of aryl methyl sites for hydroxylation is 1. The molecule has 0 aliphatic rings. The molecule has 0 saturated heterocycles. The van der Waals surface area contributed by atoms with Crippen molar-refractivity contribution in [1.29, 1.82) is 0 Å². The predicted molar refractivity (Wildman–Crippen MR) is 90.5 cm³/mol. The highest BCUT2D eigenvalue weighted by Gasteiger charge is 2.16. The molecule has 2 N–H and O–H groups in total. The second kappa shape index (κ2) is 6.61. The van der Waals surface area contributed by atoms with Gasteiger partial charge in [-0.2, -0.15) is 0 Å². The number of imidazole rings is 1. The maximum absolute atomic E-state index is 6.28. The van der Waals surface area contributed by atoms with Crippen LogP contribution in [-0.4, -0.2) is 9.55 Å². The van der Waals surface area contributed by atoms with E-state index in [4.69, 9.17) is 10.7 Å². The van der Waals surface area contributed by atoms with Gasteiger partial charge in [0.15, 0.2) is 0 Å². The molecule has 3 nitrogen and oxygen atoms in total. The normalized spacial score (nSPS) is 13.5. The average molecular weight is 287 g/mol. The Morgan fingerprint density at radius 1 is 1.19 bits per heavy atom. The zero-order valence-electron chi connectivity index (χ0n) is 14.1. The summed E-state index contributed by atoms with van der Waals surface area (Å²) in [5, 5.41) is 0. The zero-order chi connectivity index (χ0) is 15.6. The SMILES string of the molecule is CCC(N)c1nc2cc(C(C)C)ccc2n1CCC(C)C. The molecule has 116 valence electrons. The van der Waals surface area contributed by atoms with E-state index in [0.29, 0.717) is 11.8 Å². The molecule has 0 amide bonds. The van der Waals surface area contributed by atoms with Crippen LogP contribution < -0.4 is 5.73 Å². The molecule has 2 rings (SSSR count). The van der Waals surface area contributed by atoms with E-state index in [1.165, 1.54) is 11.1 Å². The van der Waals surface area contributed by atoms with Gasteiger partial charge in [-0.25, -0.2) is 4.98 Å². The average Bonchev–Trinajstić information content (AvgIpc) is 2.81. The lowest BCUT2D eigenvalue weighted by Crippen LogP contribution is -2.16. The Bertz CT molecular complexity index is 596. The number of hydrogen-bond acceptors (Lipinski definition) is 2. The van der Waals surface area contributed by atoms with E-state index in [9.17, 15) is 0 Å². The zero-order valence-corrected chi connectivity index (χ0v) is 14.1. The van der Waals surface area contributed by atoms with Crippen LogP contribution in [0.5, 0.6) is 0 Å². The van der Waals surface area contributed by atoms with E-state index in [-0.39, 0.29) is 6.04 Å². The second-order valence-corrected chi connectivity index (χ2v) is 6.72. The summed E-state index contributed by atoms with van der Waals surface area (Å²) >= 11 is 0. The molecule has 21 heavy (non-hydrogen) atoms. The van der Waals surface area contributed by atoms with E-state index in [2.05, 4.69) is 57.4 Å². The summed E-state index contributed by atoms with van der Waals surface area (Å²) in [4.78, 5) is 4.84. The van der Waals surface area contributed by atoms with E-state index in [1.54, 1.807) is 0 Å². The quantitative estimate of drug-likeness (QED) is 0.842. The van der Waals surface area contributed by atoms with E-state index >= 15 is 0 Å². The first-order valence-electron chi connectivity index (χ1n) is 8.19. The van der Waals surface area contributed by atoms with Crippen LogP contribution in [0.4, 0.5) is 0 Å². The van der Waals surface area contributed by atoms with Crippen molar-refractivity contribution in [2.45, 2.75) is 66.0 Å². The summed E-state index contributed by atoms with van der Waals surface area (Å²) in [7, 11) is 0. The van der Waals surface area contributed by atoms with Gasteiger partial charge in [-0.1, -0.05) is 40.7 Å². The van der Waals surface area contributed by atoms with Gasteiger partial charge in [-0.3, -0.25) is 0 Å². The number of nitrogens with zero attached hydrogens (tertiary/aromatic N) is 2. The first-order chi connectivity index (χ1) is 9.93. The number of rotatable bonds is 6. The minimum Gasteiger partial charge on any atom is -0.327 e. The summed E-state index contributed by atoms with van der Waals surface area (Å²) < 4.78 is 2.33. The van der Waals surface area contributed by atoms with Crippen LogP contribution in [0.25, 0.3) is 11.0 Å². The van der Waals surface area contributed by atoms with Gasteiger partial charge in [0.1, 0.15) is 5.82 Å². The van der Waals surface area contributed by atoms with Gasteiger partial charge in [-0.05, 0) is 42.4 Å². The lowest BCUT2D eigenvalue weighted by atomic mass is 10.0. The van der Waals surface area contributed by atoms with Gasteiger partial charge in [-0.15, -0.1) is 0 Å². The van der Waals surface area contributed by atoms with Gasteiger partial charge in [0.25, 0.3) is 0 Å². The Labute approximate surface area is 128 Å². The molecule has 0 aliphatic heterocycles. The third-order valence-corrected chi connectivity index (χ3v) is 4.17. The first-order valence-corrected chi connectivity index (χ1v) is 8.19. The molecule has 1 atom stereocenters. The highest BCUT2D eigenvalue weighted by molar-refractivity contribution is 5.77. The molecule has 0 radical (unpaired) electrons. The minimum atomic E-state index is 0.0204. The lowest BCUT2D eigenvalue weighted by Gasteiger charge is -2.14. The van der Waals surface area contributed by atoms with Crippen molar-refractivity contribution in [2.24, 2.45) is 11.7 Å². The van der Waals surface area contributed by atoms with Crippen LogP contribution in [0.3, 0.4) is 0 Å². The summed E-state index contributed by atoms with van der Waals surface area (Å²) in [5.74, 6) is 2.25. The molecule has 1 heterocycles. The molecule has 1 unspecified atom stereocenters.